The number of rotatable bonds is 11. The van der Waals surface area contributed by atoms with Gasteiger partial charge in [0.2, 0.25) is 0 Å². The average Bonchev–Trinajstić information content (AvgIpc) is 2.39. The van der Waals surface area contributed by atoms with E-state index in [2.05, 4.69) is 13.0 Å². The van der Waals surface area contributed by atoms with E-state index in [0.717, 1.165) is 6.42 Å². The number of allylic oxidation sites excluding steroid dienone is 5. The van der Waals surface area contributed by atoms with E-state index in [1.54, 1.807) is 12.2 Å². The fraction of sp³-hybridized carbons (Fsp3) is 0.556. The normalized spacial score (nSPS) is 13.9. The summed E-state index contributed by atoms with van der Waals surface area (Å²) in [5.41, 5.74) is 0. The summed E-state index contributed by atoms with van der Waals surface area (Å²) >= 11 is 0. The number of nitrogens with zero attached hydrogens (tertiary/aromatic N) is 1. The Morgan fingerprint density at radius 1 is 1.13 bits per heavy atom. The molecule has 0 spiro atoms. The number of esters is 1. The van der Waals surface area contributed by atoms with Gasteiger partial charge in [0, 0.05) is 18.5 Å². The molecule has 0 aromatic rings. The van der Waals surface area contributed by atoms with Gasteiger partial charge in [0.05, 0.1) is 21.1 Å². The van der Waals surface area contributed by atoms with Gasteiger partial charge in [-0.1, -0.05) is 50.1 Å². The molecule has 0 fully saturated rings. The first-order valence-corrected chi connectivity index (χ1v) is 7.95. The Bertz CT molecular complexity index is 444. The second kappa shape index (κ2) is 11.7. The maximum absolute atomic E-state index is 11.7. The largest absolute Gasteiger partial charge is 0.550 e. The molecule has 0 rings (SSSR count). The first kappa shape index (κ1) is 21.1. The van der Waals surface area contributed by atoms with Crippen molar-refractivity contribution >= 4 is 11.9 Å². The van der Waals surface area contributed by atoms with Crippen LogP contribution in [0.3, 0.4) is 0 Å². The number of carbonyl (C=O) groups excluding carboxylic acids is 2. The molecule has 0 radical (unpaired) electrons. The average molecular weight is 323 g/mol. The SMILES string of the molecule is CCCC/C=C/C=C/C=C/C(=O)OC(CC(=O)[O-])C[N+](C)(C)C. The molecular weight excluding hydrogens is 294 g/mol. The summed E-state index contributed by atoms with van der Waals surface area (Å²) in [5.74, 6) is -1.78. The van der Waals surface area contributed by atoms with Crippen LogP contribution in [0.4, 0.5) is 0 Å². The highest BCUT2D eigenvalue weighted by molar-refractivity contribution is 5.82. The van der Waals surface area contributed by atoms with Gasteiger partial charge in [0.1, 0.15) is 6.54 Å². The predicted molar refractivity (Wildman–Crippen MR) is 89.3 cm³/mol. The van der Waals surface area contributed by atoms with Crippen molar-refractivity contribution in [2.45, 2.75) is 38.7 Å². The molecule has 0 aromatic heterocycles. The molecule has 0 saturated heterocycles. The number of carbonyl (C=O) groups is 2. The Balaban J connectivity index is 4.35. The molecule has 23 heavy (non-hydrogen) atoms. The molecule has 0 aromatic carbocycles. The Morgan fingerprint density at radius 2 is 1.78 bits per heavy atom. The summed E-state index contributed by atoms with van der Waals surface area (Å²) in [6.07, 6.45) is 12.8. The van der Waals surface area contributed by atoms with Crippen LogP contribution in [0, 0.1) is 0 Å². The van der Waals surface area contributed by atoms with E-state index < -0.39 is 18.0 Å². The van der Waals surface area contributed by atoms with Crippen LogP contribution in [0.1, 0.15) is 32.6 Å². The maximum Gasteiger partial charge on any atom is 0.331 e. The molecule has 130 valence electrons. The minimum atomic E-state index is -1.22. The molecule has 5 heteroatoms. The molecule has 0 aliphatic carbocycles. The molecule has 1 unspecified atom stereocenters. The summed E-state index contributed by atoms with van der Waals surface area (Å²) in [5, 5.41) is 10.7. The second-order valence-corrected chi connectivity index (χ2v) is 6.42. The van der Waals surface area contributed by atoms with Crippen molar-refractivity contribution in [3.8, 4) is 0 Å². The number of ether oxygens (including phenoxy) is 1. The van der Waals surface area contributed by atoms with Crippen LogP contribution in [-0.4, -0.2) is 50.2 Å². The number of carboxylic acid groups (broad SMARTS) is 1. The number of hydrogen-bond donors (Lipinski definition) is 0. The van der Waals surface area contributed by atoms with E-state index in [1.165, 1.54) is 18.9 Å². The maximum atomic E-state index is 11.7. The van der Waals surface area contributed by atoms with Crippen LogP contribution in [0.25, 0.3) is 0 Å². The van der Waals surface area contributed by atoms with Crippen molar-refractivity contribution in [2.24, 2.45) is 0 Å². The molecule has 5 nitrogen and oxygen atoms in total. The standard InChI is InChI=1S/C18H29NO4/c1-5-6-7-8-9-10-11-12-13-18(22)23-16(14-17(20)21)15-19(2,3)4/h8-13,16H,5-7,14-15H2,1-4H3/b9-8+,11-10+,13-12+. The number of unbranched alkanes of at least 4 members (excludes halogenated alkanes) is 2. The zero-order chi connectivity index (χ0) is 17.7. The molecule has 1 atom stereocenters. The highest BCUT2D eigenvalue weighted by Crippen LogP contribution is 2.05. The van der Waals surface area contributed by atoms with Crippen LogP contribution in [0.5, 0.6) is 0 Å². The Labute approximate surface area is 139 Å². The Morgan fingerprint density at radius 3 is 2.35 bits per heavy atom. The van der Waals surface area contributed by atoms with Crippen molar-refractivity contribution in [1.82, 2.24) is 0 Å². The van der Waals surface area contributed by atoms with Gasteiger partial charge in [-0.3, -0.25) is 0 Å². The van der Waals surface area contributed by atoms with Crippen molar-refractivity contribution in [3.05, 3.63) is 36.5 Å². The third-order valence-corrected chi connectivity index (χ3v) is 2.85. The van der Waals surface area contributed by atoms with E-state index >= 15 is 0 Å². The molecular formula is C18H29NO4. The fourth-order valence-corrected chi connectivity index (χ4v) is 1.90. The summed E-state index contributed by atoms with van der Waals surface area (Å²) in [7, 11) is 5.71. The van der Waals surface area contributed by atoms with E-state index in [9.17, 15) is 14.7 Å². The smallest absolute Gasteiger partial charge is 0.331 e. The number of carboxylic acids is 1. The van der Waals surface area contributed by atoms with Crippen molar-refractivity contribution in [1.29, 1.82) is 0 Å². The zero-order valence-electron chi connectivity index (χ0n) is 14.7. The second-order valence-electron chi connectivity index (χ2n) is 6.42. The van der Waals surface area contributed by atoms with Gasteiger partial charge in [-0.05, 0) is 6.42 Å². The molecule has 0 bridgehead atoms. The van der Waals surface area contributed by atoms with Gasteiger partial charge < -0.3 is 19.1 Å². The summed E-state index contributed by atoms with van der Waals surface area (Å²) in [6, 6.07) is 0. The molecule has 0 amide bonds. The highest BCUT2D eigenvalue weighted by Gasteiger charge is 2.21. The third-order valence-electron chi connectivity index (χ3n) is 2.85. The third kappa shape index (κ3) is 14.8. The summed E-state index contributed by atoms with van der Waals surface area (Å²) in [6.45, 7) is 2.55. The van der Waals surface area contributed by atoms with Crippen molar-refractivity contribution in [3.63, 3.8) is 0 Å². The number of hydrogen-bond acceptors (Lipinski definition) is 4. The van der Waals surface area contributed by atoms with Crippen LogP contribution in [0.15, 0.2) is 36.5 Å². The molecule has 0 heterocycles. The predicted octanol–water partition coefficient (Wildman–Crippen LogP) is 1.60. The first-order valence-electron chi connectivity index (χ1n) is 7.95. The lowest BCUT2D eigenvalue weighted by atomic mass is 10.2. The van der Waals surface area contributed by atoms with Gasteiger partial charge in [0.25, 0.3) is 0 Å². The van der Waals surface area contributed by atoms with Gasteiger partial charge >= 0.3 is 5.97 Å². The molecule has 0 N–H and O–H groups in total. The van der Waals surface area contributed by atoms with Gasteiger partial charge in [-0.2, -0.15) is 0 Å². The van der Waals surface area contributed by atoms with Crippen molar-refractivity contribution < 1.29 is 23.9 Å². The first-order chi connectivity index (χ1) is 10.7. The fourth-order valence-electron chi connectivity index (χ4n) is 1.90. The lowest BCUT2D eigenvalue weighted by Gasteiger charge is -2.28. The number of likely N-dealkylation sites (N-methyl/N-ethyl adjacent to an activating group) is 1. The monoisotopic (exact) mass is 323 g/mol. The minimum absolute atomic E-state index is 0.300. The van der Waals surface area contributed by atoms with Gasteiger partial charge in [0.15, 0.2) is 6.10 Å². The quantitative estimate of drug-likeness (QED) is 0.190. The van der Waals surface area contributed by atoms with E-state index in [0.29, 0.717) is 11.0 Å². The van der Waals surface area contributed by atoms with Crippen LogP contribution in [0.2, 0.25) is 0 Å². The minimum Gasteiger partial charge on any atom is -0.550 e. The lowest BCUT2D eigenvalue weighted by molar-refractivity contribution is -0.873. The molecule has 0 aliphatic rings. The highest BCUT2D eigenvalue weighted by atomic mass is 16.5. The van der Waals surface area contributed by atoms with E-state index in [1.807, 2.05) is 33.3 Å². The number of aliphatic carboxylic acids is 1. The Hall–Kier alpha value is -1.88. The van der Waals surface area contributed by atoms with E-state index in [4.69, 9.17) is 4.74 Å². The lowest BCUT2D eigenvalue weighted by Crippen LogP contribution is -2.45. The number of quaternary nitrogens is 1. The molecule has 0 aliphatic heterocycles. The van der Waals surface area contributed by atoms with E-state index in [-0.39, 0.29) is 6.42 Å². The van der Waals surface area contributed by atoms with Crippen LogP contribution >= 0.6 is 0 Å². The summed E-state index contributed by atoms with van der Waals surface area (Å²) < 4.78 is 5.68. The van der Waals surface area contributed by atoms with Crippen LogP contribution in [-0.2, 0) is 14.3 Å². The molecule has 0 saturated carbocycles. The topological polar surface area (TPSA) is 66.4 Å². The van der Waals surface area contributed by atoms with Crippen LogP contribution < -0.4 is 5.11 Å². The van der Waals surface area contributed by atoms with Gasteiger partial charge in [-0.25, -0.2) is 4.79 Å². The summed E-state index contributed by atoms with van der Waals surface area (Å²) in [4.78, 5) is 22.5. The Kier molecular flexibility index (Phi) is 10.7. The zero-order valence-corrected chi connectivity index (χ0v) is 14.7. The van der Waals surface area contributed by atoms with Crippen molar-refractivity contribution in [2.75, 3.05) is 27.7 Å². The van der Waals surface area contributed by atoms with Gasteiger partial charge in [-0.15, -0.1) is 0 Å².